The molecule has 0 saturated heterocycles. The number of nitrogens with zero attached hydrogens (tertiary/aromatic N) is 4. The Balaban J connectivity index is 2.02. The molecule has 3 rings (SSSR count). The highest BCUT2D eigenvalue weighted by molar-refractivity contribution is 7.89. The van der Waals surface area contributed by atoms with E-state index in [9.17, 15) is 13.5 Å². The van der Waals surface area contributed by atoms with E-state index >= 15 is 0 Å². The van der Waals surface area contributed by atoms with Gasteiger partial charge in [0.1, 0.15) is 24.2 Å². The van der Waals surface area contributed by atoms with E-state index in [4.69, 9.17) is 5.73 Å². The van der Waals surface area contributed by atoms with Gasteiger partial charge in [-0.25, -0.2) is 27.8 Å². The Hall–Kier alpha value is -2.82. The molecular weight excluding hydrogens is 380 g/mol. The van der Waals surface area contributed by atoms with Crippen molar-refractivity contribution in [3.63, 3.8) is 0 Å². The SMILES string of the molecule is Cc1ccc(S(=O)(=O)NCC(C)(C)O)cc1-c1cnc(N)c(-n2cncn2)c1. The van der Waals surface area contributed by atoms with Crippen LogP contribution in [0.5, 0.6) is 0 Å². The number of nitrogens with one attached hydrogen (secondary N) is 1. The van der Waals surface area contributed by atoms with Gasteiger partial charge in [-0.15, -0.1) is 0 Å². The van der Waals surface area contributed by atoms with Crippen molar-refractivity contribution in [2.45, 2.75) is 31.3 Å². The van der Waals surface area contributed by atoms with E-state index in [1.807, 2.05) is 6.92 Å². The molecule has 0 bridgehead atoms. The number of aromatic nitrogens is 4. The van der Waals surface area contributed by atoms with Gasteiger partial charge in [0.05, 0.1) is 10.5 Å². The van der Waals surface area contributed by atoms with Gasteiger partial charge in [-0.2, -0.15) is 5.10 Å². The highest BCUT2D eigenvalue weighted by atomic mass is 32.2. The molecule has 4 N–H and O–H groups in total. The minimum atomic E-state index is -3.78. The lowest BCUT2D eigenvalue weighted by Gasteiger charge is -2.18. The molecule has 2 heterocycles. The number of hydrogen-bond acceptors (Lipinski definition) is 7. The molecule has 28 heavy (non-hydrogen) atoms. The Morgan fingerprint density at radius 1 is 1.29 bits per heavy atom. The molecule has 0 saturated carbocycles. The summed E-state index contributed by atoms with van der Waals surface area (Å²) in [6.45, 7) is 4.84. The number of sulfonamides is 1. The van der Waals surface area contributed by atoms with E-state index in [1.165, 1.54) is 37.3 Å². The van der Waals surface area contributed by atoms with Crippen molar-refractivity contribution >= 4 is 15.8 Å². The van der Waals surface area contributed by atoms with Gasteiger partial charge in [0, 0.05) is 18.3 Å². The summed E-state index contributed by atoms with van der Waals surface area (Å²) >= 11 is 0. The quantitative estimate of drug-likeness (QED) is 0.565. The third-order valence-electron chi connectivity index (χ3n) is 4.09. The van der Waals surface area contributed by atoms with Crippen LogP contribution in [0.25, 0.3) is 16.8 Å². The summed E-state index contributed by atoms with van der Waals surface area (Å²) in [5, 5.41) is 13.9. The van der Waals surface area contributed by atoms with Crippen LogP contribution in [0, 0.1) is 6.92 Å². The first-order valence-corrected chi connectivity index (χ1v) is 9.99. The average Bonchev–Trinajstić information content (AvgIpc) is 3.15. The summed E-state index contributed by atoms with van der Waals surface area (Å²) in [5.74, 6) is 0.280. The van der Waals surface area contributed by atoms with Gasteiger partial charge in [-0.05, 0) is 50.1 Å². The first-order valence-electron chi connectivity index (χ1n) is 8.50. The van der Waals surface area contributed by atoms with Crippen LogP contribution in [0.3, 0.4) is 0 Å². The van der Waals surface area contributed by atoms with Crippen LogP contribution in [0.15, 0.2) is 48.0 Å². The molecule has 0 aliphatic heterocycles. The van der Waals surface area contributed by atoms with Gasteiger partial charge in [0.15, 0.2) is 0 Å². The molecular formula is C18H22N6O3S. The number of nitrogen functional groups attached to an aromatic ring is 1. The lowest BCUT2D eigenvalue weighted by molar-refractivity contribution is 0.0857. The van der Waals surface area contributed by atoms with E-state index in [0.29, 0.717) is 16.8 Å². The molecule has 0 aliphatic carbocycles. The molecule has 9 nitrogen and oxygen atoms in total. The number of benzene rings is 1. The van der Waals surface area contributed by atoms with Gasteiger partial charge >= 0.3 is 0 Å². The number of pyridine rings is 1. The lowest BCUT2D eigenvalue weighted by Crippen LogP contribution is -2.38. The highest BCUT2D eigenvalue weighted by Crippen LogP contribution is 2.29. The van der Waals surface area contributed by atoms with Gasteiger partial charge in [0.25, 0.3) is 0 Å². The van der Waals surface area contributed by atoms with E-state index in [1.54, 1.807) is 24.4 Å². The fourth-order valence-electron chi connectivity index (χ4n) is 2.56. The Labute approximate surface area is 163 Å². The van der Waals surface area contributed by atoms with Crippen LogP contribution in [0.4, 0.5) is 5.82 Å². The summed E-state index contributed by atoms with van der Waals surface area (Å²) < 4.78 is 29.1. The fourth-order valence-corrected chi connectivity index (χ4v) is 3.79. The topological polar surface area (TPSA) is 136 Å². The van der Waals surface area contributed by atoms with Crippen molar-refractivity contribution in [2.24, 2.45) is 0 Å². The third-order valence-corrected chi connectivity index (χ3v) is 5.49. The van der Waals surface area contributed by atoms with Crippen molar-refractivity contribution in [3.05, 3.63) is 48.7 Å². The minimum absolute atomic E-state index is 0.0940. The maximum Gasteiger partial charge on any atom is 0.240 e. The Morgan fingerprint density at radius 2 is 2.04 bits per heavy atom. The van der Waals surface area contributed by atoms with Gasteiger partial charge in [-0.3, -0.25) is 0 Å². The predicted octanol–water partition coefficient (Wildman–Crippen LogP) is 1.27. The monoisotopic (exact) mass is 402 g/mol. The van der Waals surface area contributed by atoms with Crippen molar-refractivity contribution in [1.29, 1.82) is 0 Å². The van der Waals surface area contributed by atoms with E-state index < -0.39 is 15.6 Å². The normalized spacial score (nSPS) is 12.3. The van der Waals surface area contributed by atoms with Crippen LogP contribution < -0.4 is 10.5 Å². The maximum absolute atomic E-state index is 12.6. The molecule has 0 amide bonds. The second kappa shape index (κ2) is 7.30. The van der Waals surface area contributed by atoms with Crippen LogP contribution >= 0.6 is 0 Å². The highest BCUT2D eigenvalue weighted by Gasteiger charge is 2.21. The Kier molecular flexibility index (Phi) is 5.20. The molecule has 2 aromatic heterocycles. The maximum atomic E-state index is 12.6. The van der Waals surface area contributed by atoms with Crippen molar-refractivity contribution in [1.82, 2.24) is 24.5 Å². The van der Waals surface area contributed by atoms with E-state index in [2.05, 4.69) is 19.8 Å². The molecule has 148 valence electrons. The molecule has 0 radical (unpaired) electrons. The number of anilines is 1. The molecule has 10 heteroatoms. The standard InChI is InChI=1S/C18H22N6O3S/c1-12-4-5-14(28(26,27)23-9-18(2,3)25)7-15(12)13-6-16(17(19)21-8-13)24-11-20-10-22-24/h4-8,10-11,23,25H,9H2,1-3H3,(H2,19,21). The molecule has 0 unspecified atom stereocenters. The second-order valence-corrected chi connectivity index (χ2v) is 8.85. The fraction of sp³-hybridized carbons (Fsp3) is 0.278. The van der Waals surface area contributed by atoms with Crippen LogP contribution in [-0.4, -0.2) is 45.4 Å². The van der Waals surface area contributed by atoms with Crippen molar-refractivity contribution in [3.8, 4) is 16.8 Å². The molecule has 0 spiro atoms. The number of nitrogens with two attached hydrogens (primary N) is 1. The number of rotatable bonds is 6. The average molecular weight is 402 g/mol. The number of aryl methyl sites for hydroxylation is 1. The van der Waals surface area contributed by atoms with Crippen LogP contribution in [-0.2, 0) is 10.0 Å². The zero-order valence-corrected chi connectivity index (χ0v) is 16.6. The molecule has 0 fully saturated rings. The summed E-state index contributed by atoms with van der Waals surface area (Å²) in [4.78, 5) is 8.20. The van der Waals surface area contributed by atoms with Crippen LogP contribution in [0.2, 0.25) is 0 Å². The third kappa shape index (κ3) is 4.35. The summed E-state index contributed by atoms with van der Waals surface area (Å²) in [5.41, 5.74) is 7.59. The Bertz CT molecular complexity index is 1090. The summed E-state index contributed by atoms with van der Waals surface area (Å²) in [7, 11) is -3.78. The molecule has 0 aliphatic rings. The number of aliphatic hydroxyl groups is 1. The summed E-state index contributed by atoms with van der Waals surface area (Å²) in [6, 6.07) is 6.59. The van der Waals surface area contributed by atoms with Gasteiger partial charge in [0.2, 0.25) is 10.0 Å². The van der Waals surface area contributed by atoms with Crippen molar-refractivity contribution < 1.29 is 13.5 Å². The molecule has 0 atom stereocenters. The molecule has 1 aromatic carbocycles. The first-order chi connectivity index (χ1) is 13.1. The summed E-state index contributed by atoms with van der Waals surface area (Å²) in [6.07, 6.45) is 4.48. The van der Waals surface area contributed by atoms with E-state index in [0.717, 1.165) is 5.56 Å². The minimum Gasteiger partial charge on any atom is -0.389 e. The van der Waals surface area contributed by atoms with Gasteiger partial charge in [-0.1, -0.05) is 6.07 Å². The van der Waals surface area contributed by atoms with Gasteiger partial charge < -0.3 is 10.8 Å². The number of hydrogen-bond donors (Lipinski definition) is 3. The lowest BCUT2D eigenvalue weighted by atomic mass is 10.0. The smallest absolute Gasteiger partial charge is 0.240 e. The Morgan fingerprint density at radius 3 is 2.68 bits per heavy atom. The zero-order chi connectivity index (χ0) is 20.5. The predicted molar refractivity (Wildman–Crippen MR) is 105 cm³/mol. The zero-order valence-electron chi connectivity index (χ0n) is 15.8. The van der Waals surface area contributed by atoms with E-state index in [-0.39, 0.29) is 17.3 Å². The first kappa shape index (κ1) is 19.9. The molecule has 3 aromatic rings. The largest absolute Gasteiger partial charge is 0.389 e. The second-order valence-electron chi connectivity index (χ2n) is 7.08. The van der Waals surface area contributed by atoms with Crippen molar-refractivity contribution in [2.75, 3.05) is 12.3 Å². The van der Waals surface area contributed by atoms with Crippen LogP contribution in [0.1, 0.15) is 19.4 Å².